The quantitative estimate of drug-likeness (QED) is 0.766. The molecule has 2 fully saturated rings. The Morgan fingerprint density at radius 3 is 2.62 bits per heavy atom. The van der Waals surface area contributed by atoms with Crippen molar-refractivity contribution in [3.05, 3.63) is 0 Å². The van der Waals surface area contributed by atoms with E-state index in [1.165, 1.54) is 58.7 Å². The van der Waals surface area contributed by atoms with Crippen LogP contribution in [0.4, 0.5) is 0 Å². The summed E-state index contributed by atoms with van der Waals surface area (Å²) in [4.78, 5) is 5.10. The monoisotopic (exact) mass is 225 g/mol. The Kier molecular flexibility index (Phi) is 4.62. The van der Waals surface area contributed by atoms with Gasteiger partial charge >= 0.3 is 0 Å². The average molecular weight is 225 g/mol. The first-order chi connectivity index (χ1) is 7.74. The molecule has 0 aromatic heterocycles. The van der Waals surface area contributed by atoms with Crippen molar-refractivity contribution in [3.8, 4) is 0 Å². The van der Waals surface area contributed by atoms with Crippen molar-refractivity contribution >= 4 is 0 Å². The van der Waals surface area contributed by atoms with Crippen molar-refractivity contribution in [1.29, 1.82) is 0 Å². The van der Waals surface area contributed by atoms with E-state index in [-0.39, 0.29) is 0 Å². The zero-order valence-electron chi connectivity index (χ0n) is 10.9. The molecule has 3 nitrogen and oxygen atoms in total. The summed E-state index contributed by atoms with van der Waals surface area (Å²) in [6.45, 7) is 11.2. The van der Waals surface area contributed by atoms with Crippen LogP contribution in [0.25, 0.3) is 0 Å². The van der Waals surface area contributed by atoms with Gasteiger partial charge in [-0.1, -0.05) is 6.92 Å². The first kappa shape index (κ1) is 12.3. The molecule has 2 rings (SSSR count). The van der Waals surface area contributed by atoms with Crippen LogP contribution in [0, 0.1) is 11.8 Å². The van der Waals surface area contributed by atoms with Crippen molar-refractivity contribution in [2.24, 2.45) is 11.8 Å². The second kappa shape index (κ2) is 5.99. The third-order valence-corrected chi connectivity index (χ3v) is 4.00. The van der Waals surface area contributed by atoms with E-state index >= 15 is 0 Å². The Labute approximate surface area is 100 Å². The van der Waals surface area contributed by atoms with Gasteiger partial charge in [-0.25, -0.2) is 0 Å². The summed E-state index contributed by atoms with van der Waals surface area (Å²) >= 11 is 0. The molecule has 0 radical (unpaired) electrons. The normalized spacial score (nSPS) is 30.8. The molecule has 2 saturated heterocycles. The van der Waals surface area contributed by atoms with Gasteiger partial charge < -0.3 is 15.1 Å². The van der Waals surface area contributed by atoms with Crippen LogP contribution in [0.1, 0.15) is 19.8 Å². The minimum atomic E-state index is 0.870. The highest BCUT2D eigenvalue weighted by atomic mass is 15.2. The van der Waals surface area contributed by atoms with Crippen LogP contribution in [-0.4, -0.2) is 62.7 Å². The van der Waals surface area contributed by atoms with Crippen LogP contribution < -0.4 is 5.32 Å². The number of nitrogens with zero attached hydrogens (tertiary/aromatic N) is 2. The van der Waals surface area contributed by atoms with Gasteiger partial charge in [0, 0.05) is 39.3 Å². The van der Waals surface area contributed by atoms with E-state index in [1.54, 1.807) is 0 Å². The molecule has 0 saturated carbocycles. The fourth-order valence-electron chi connectivity index (χ4n) is 3.20. The second-order valence-electron chi connectivity index (χ2n) is 5.81. The zero-order valence-corrected chi connectivity index (χ0v) is 10.9. The Morgan fingerprint density at radius 2 is 2.00 bits per heavy atom. The van der Waals surface area contributed by atoms with Crippen LogP contribution in [-0.2, 0) is 0 Å². The molecule has 0 bridgehead atoms. The highest BCUT2D eigenvalue weighted by Gasteiger charge is 2.22. The SMILES string of the molecule is CC(CC1CCN(C)C1)CN1CCNCC1. The number of hydrogen-bond donors (Lipinski definition) is 1. The summed E-state index contributed by atoms with van der Waals surface area (Å²) in [5, 5.41) is 3.42. The maximum Gasteiger partial charge on any atom is 0.0107 e. The van der Waals surface area contributed by atoms with E-state index in [2.05, 4.69) is 29.1 Å². The Balaban J connectivity index is 1.65. The van der Waals surface area contributed by atoms with E-state index in [0.717, 1.165) is 11.8 Å². The van der Waals surface area contributed by atoms with E-state index in [1.807, 2.05) is 0 Å². The van der Waals surface area contributed by atoms with Crippen molar-refractivity contribution < 1.29 is 0 Å². The van der Waals surface area contributed by atoms with Crippen LogP contribution in [0.3, 0.4) is 0 Å². The molecule has 2 heterocycles. The van der Waals surface area contributed by atoms with Crippen molar-refractivity contribution in [3.63, 3.8) is 0 Å². The van der Waals surface area contributed by atoms with Crippen LogP contribution in [0.15, 0.2) is 0 Å². The lowest BCUT2D eigenvalue weighted by molar-refractivity contribution is 0.197. The maximum absolute atomic E-state index is 3.42. The molecule has 2 atom stereocenters. The molecule has 94 valence electrons. The lowest BCUT2D eigenvalue weighted by atomic mass is 9.94. The van der Waals surface area contributed by atoms with E-state index < -0.39 is 0 Å². The molecule has 0 amide bonds. The predicted molar refractivity (Wildman–Crippen MR) is 68.7 cm³/mol. The number of hydrogen-bond acceptors (Lipinski definition) is 3. The summed E-state index contributed by atoms with van der Waals surface area (Å²) in [6.07, 6.45) is 2.84. The molecule has 1 N–H and O–H groups in total. The van der Waals surface area contributed by atoms with Gasteiger partial charge in [0.15, 0.2) is 0 Å². The Hall–Kier alpha value is -0.120. The molecule has 16 heavy (non-hydrogen) atoms. The van der Waals surface area contributed by atoms with Gasteiger partial charge in [-0.2, -0.15) is 0 Å². The first-order valence-corrected chi connectivity index (χ1v) is 6.85. The third kappa shape index (κ3) is 3.72. The van der Waals surface area contributed by atoms with Gasteiger partial charge in [0.25, 0.3) is 0 Å². The van der Waals surface area contributed by atoms with Crippen LogP contribution in [0.2, 0.25) is 0 Å². The molecule has 0 aromatic carbocycles. The van der Waals surface area contributed by atoms with Gasteiger partial charge in [0.1, 0.15) is 0 Å². The van der Waals surface area contributed by atoms with Gasteiger partial charge in [-0.05, 0) is 38.3 Å². The molecule has 0 aromatic rings. The predicted octanol–water partition coefficient (Wildman–Crippen LogP) is 0.870. The van der Waals surface area contributed by atoms with E-state index in [4.69, 9.17) is 0 Å². The minimum absolute atomic E-state index is 0.870. The highest BCUT2D eigenvalue weighted by Crippen LogP contribution is 2.22. The van der Waals surface area contributed by atoms with Gasteiger partial charge in [0.05, 0.1) is 0 Å². The van der Waals surface area contributed by atoms with Gasteiger partial charge in [-0.15, -0.1) is 0 Å². The molecule has 3 heteroatoms. The number of likely N-dealkylation sites (tertiary alicyclic amines) is 1. The zero-order chi connectivity index (χ0) is 11.4. The second-order valence-corrected chi connectivity index (χ2v) is 5.81. The molecule has 0 aliphatic carbocycles. The molecular weight excluding hydrogens is 198 g/mol. The molecule has 0 spiro atoms. The highest BCUT2D eigenvalue weighted by molar-refractivity contribution is 4.77. The fourth-order valence-corrected chi connectivity index (χ4v) is 3.20. The summed E-state index contributed by atoms with van der Waals surface area (Å²) in [6, 6.07) is 0. The van der Waals surface area contributed by atoms with Crippen molar-refractivity contribution in [2.45, 2.75) is 19.8 Å². The maximum atomic E-state index is 3.42. The summed E-state index contributed by atoms with van der Waals surface area (Å²) < 4.78 is 0. The molecule has 2 aliphatic heterocycles. The van der Waals surface area contributed by atoms with Crippen LogP contribution in [0.5, 0.6) is 0 Å². The minimum Gasteiger partial charge on any atom is -0.314 e. The summed E-state index contributed by atoms with van der Waals surface area (Å²) in [5.41, 5.74) is 0. The molecular formula is C13H27N3. The third-order valence-electron chi connectivity index (χ3n) is 4.00. The first-order valence-electron chi connectivity index (χ1n) is 6.85. The fraction of sp³-hybridized carbons (Fsp3) is 1.00. The summed E-state index contributed by atoms with van der Waals surface area (Å²) in [7, 11) is 2.25. The molecule has 2 unspecified atom stereocenters. The lowest BCUT2D eigenvalue weighted by Crippen LogP contribution is -2.45. The number of piperazine rings is 1. The molecule has 2 aliphatic rings. The van der Waals surface area contributed by atoms with Gasteiger partial charge in [-0.3, -0.25) is 0 Å². The Morgan fingerprint density at radius 1 is 1.25 bits per heavy atom. The average Bonchev–Trinajstić information content (AvgIpc) is 2.65. The lowest BCUT2D eigenvalue weighted by Gasteiger charge is -2.30. The standard InChI is InChI=1S/C13H27N3/c1-12(9-13-3-6-15(2)11-13)10-16-7-4-14-5-8-16/h12-14H,3-11H2,1-2H3. The van der Waals surface area contributed by atoms with E-state index in [9.17, 15) is 0 Å². The number of rotatable bonds is 4. The topological polar surface area (TPSA) is 18.5 Å². The van der Waals surface area contributed by atoms with Crippen LogP contribution >= 0.6 is 0 Å². The largest absolute Gasteiger partial charge is 0.314 e. The summed E-state index contributed by atoms with van der Waals surface area (Å²) in [5.74, 6) is 1.83. The van der Waals surface area contributed by atoms with Gasteiger partial charge in [0.2, 0.25) is 0 Å². The van der Waals surface area contributed by atoms with Crippen molar-refractivity contribution in [2.75, 3.05) is 52.9 Å². The smallest absolute Gasteiger partial charge is 0.0107 e. The van der Waals surface area contributed by atoms with E-state index in [0.29, 0.717) is 0 Å². The Bertz CT molecular complexity index is 195. The van der Waals surface area contributed by atoms with Crippen molar-refractivity contribution in [1.82, 2.24) is 15.1 Å². The number of nitrogens with one attached hydrogen (secondary N) is 1.